The van der Waals surface area contributed by atoms with Gasteiger partial charge in [-0.25, -0.2) is 4.98 Å². The molecule has 1 aromatic heterocycles. The Morgan fingerprint density at radius 3 is 2.75 bits per heavy atom. The largest absolute Gasteiger partial charge is 0.574 e. The molecule has 0 bridgehead atoms. The minimum atomic E-state index is -4.86. The first-order valence-electron chi connectivity index (χ1n) is 9.54. The Morgan fingerprint density at radius 2 is 2.06 bits per heavy atom. The number of carbonyl (C=O) groups excluding carboxylic acids is 2. The Bertz CT molecular complexity index is 1010. The monoisotopic (exact) mass is 469 g/mol. The van der Waals surface area contributed by atoms with Gasteiger partial charge in [-0.1, -0.05) is 18.2 Å². The molecule has 2 amide bonds. The van der Waals surface area contributed by atoms with Crippen molar-refractivity contribution in [3.8, 4) is 11.6 Å². The fourth-order valence-corrected chi connectivity index (χ4v) is 3.18. The van der Waals surface area contributed by atoms with Crippen molar-refractivity contribution in [2.75, 3.05) is 6.54 Å². The number of amides is 2. The van der Waals surface area contributed by atoms with Crippen LogP contribution in [-0.4, -0.2) is 35.8 Å². The van der Waals surface area contributed by atoms with Crippen molar-refractivity contribution in [3.63, 3.8) is 0 Å². The summed E-state index contributed by atoms with van der Waals surface area (Å²) in [5.74, 6) is -0.938. The van der Waals surface area contributed by atoms with Crippen LogP contribution in [0.2, 0.25) is 5.02 Å². The van der Waals surface area contributed by atoms with Gasteiger partial charge in [0.05, 0.1) is 5.56 Å². The predicted octanol–water partition coefficient (Wildman–Crippen LogP) is 3.78. The fraction of sp³-hybridized carbons (Fsp3) is 0.286. The quantitative estimate of drug-likeness (QED) is 0.644. The normalized spacial score (nSPS) is 15.2. The lowest BCUT2D eigenvalue weighted by Gasteiger charge is -2.25. The molecule has 0 fully saturated rings. The van der Waals surface area contributed by atoms with Crippen LogP contribution in [0.4, 0.5) is 13.2 Å². The van der Waals surface area contributed by atoms with Crippen molar-refractivity contribution in [1.29, 1.82) is 0 Å². The minimum Gasteiger partial charge on any atom is -0.480 e. The number of ether oxygens (including phenoxy) is 2. The number of hydrogen-bond acceptors (Lipinski definition) is 5. The van der Waals surface area contributed by atoms with E-state index in [9.17, 15) is 22.8 Å². The molecule has 11 heteroatoms. The third-order valence-electron chi connectivity index (χ3n) is 4.49. The molecule has 1 atom stereocenters. The van der Waals surface area contributed by atoms with E-state index >= 15 is 0 Å². The molecular weight excluding hydrogens is 451 g/mol. The summed E-state index contributed by atoms with van der Waals surface area (Å²) < 4.78 is 45.8. The average molecular weight is 470 g/mol. The third-order valence-corrected chi connectivity index (χ3v) is 4.73. The summed E-state index contributed by atoms with van der Waals surface area (Å²) in [4.78, 5) is 27.9. The molecule has 0 radical (unpaired) electrons. The highest BCUT2D eigenvalue weighted by Gasteiger charge is 2.31. The molecule has 1 aromatic carbocycles. The van der Waals surface area contributed by atoms with Crippen molar-refractivity contribution in [2.24, 2.45) is 0 Å². The van der Waals surface area contributed by atoms with Gasteiger partial charge in [0.25, 0.3) is 11.8 Å². The predicted molar refractivity (Wildman–Crippen MR) is 109 cm³/mol. The number of aryl methyl sites for hydroxylation is 1. The number of rotatable bonds is 7. The summed E-state index contributed by atoms with van der Waals surface area (Å²) in [5.41, 5.74) is 1.38. The number of pyridine rings is 1. The van der Waals surface area contributed by atoms with E-state index in [1.54, 1.807) is 18.2 Å². The molecule has 7 nitrogen and oxygen atoms in total. The van der Waals surface area contributed by atoms with Gasteiger partial charge < -0.3 is 20.1 Å². The van der Waals surface area contributed by atoms with Crippen molar-refractivity contribution in [1.82, 2.24) is 15.6 Å². The Labute approximate surface area is 186 Å². The maximum absolute atomic E-state index is 12.4. The first kappa shape index (κ1) is 23.4. The van der Waals surface area contributed by atoms with Gasteiger partial charge in [0, 0.05) is 35.9 Å². The van der Waals surface area contributed by atoms with Gasteiger partial charge in [-0.05, 0) is 42.7 Å². The van der Waals surface area contributed by atoms with E-state index in [2.05, 4.69) is 26.9 Å². The van der Waals surface area contributed by atoms with Crippen molar-refractivity contribution >= 4 is 23.4 Å². The molecule has 32 heavy (non-hydrogen) atoms. The molecule has 0 saturated carbocycles. The van der Waals surface area contributed by atoms with Crippen molar-refractivity contribution < 1.29 is 32.2 Å². The zero-order valence-electron chi connectivity index (χ0n) is 16.7. The second-order valence-electron chi connectivity index (χ2n) is 6.93. The summed E-state index contributed by atoms with van der Waals surface area (Å²) in [5, 5.41) is 5.84. The SMILES string of the molecule is C=C(CCNC(=O)c1ccc(OC(F)(F)F)nc1)NC(=O)[C@H]1CCc2cc(Cl)ccc2O1. The lowest BCUT2D eigenvalue weighted by molar-refractivity contribution is -0.276. The smallest absolute Gasteiger partial charge is 0.480 e. The third kappa shape index (κ3) is 6.61. The number of benzene rings is 1. The highest BCUT2D eigenvalue weighted by Crippen LogP contribution is 2.30. The van der Waals surface area contributed by atoms with Crippen LogP contribution in [-0.2, 0) is 11.2 Å². The number of aromatic nitrogens is 1. The maximum Gasteiger partial charge on any atom is 0.574 e. The Balaban J connectivity index is 1.41. The molecule has 2 aromatic rings. The van der Waals surface area contributed by atoms with E-state index in [0.29, 0.717) is 29.3 Å². The average Bonchev–Trinajstić information content (AvgIpc) is 2.72. The van der Waals surface area contributed by atoms with Gasteiger partial charge in [0.1, 0.15) is 5.75 Å². The van der Waals surface area contributed by atoms with Gasteiger partial charge in [0.15, 0.2) is 6.10 Å². The van der Waals surface area contributed by atoms with Gasteiger partial charge in [0.2, 0.25) is 5.88 Å². The molecule has 170 valence electrons. The van der Waals surface area contributed by atoms with Crippen LogP contribution in [0.25, 0.3) is 0 Å². The van der Waals surface area contributed by atoms with Gasteiger partial charge in [-0.3, -0.25) is 9.59 Å². The lowest BCUT2D eigenvalue weighted by Crippen LogP contribution is -2.40. The lowest BCUT2D eigenvalue weighted by atomic mass is 10.0. The van der Waals surface area contributed by atoms with Crippen molar-refractivity contribution in [3.05, 3.63) is 65.0 Å². The number of hydrogen-bond donors (Lipinski definition) is 2. The standard InChI is InChI=1S/C21H19ClF3N3O4/c1-12(28-20(30)17-5-2-13-10-15(22)4-6-16(13)31-17)8-9-26-19(29)14-3-7-18(27-11-14)32-21(23,24)25/h3-4,6-7,10-11,17H,1-2,5,8-9H2,(H,26,29)(H,28,30)/t17-/m1/s1. The van der Waals surface area contributed by atoms with Crippen LogP contribution < -0.4 is 20.1 Å². The van der Waals surface area contributed by atoms with Gasteiger partial charge >= 0.3 is 6.36 Å². The van der Waals surface area contributed by atoms with E-state index in [4.69, 9.17) is 16.3 Å². The van der Waals surface area contributed by atoms with Gasteiger partial charge in [-0.15, -0.1) is 13.2 Å². The van der Waals surface area contributed by atoms with Gasteiger partial charge in [-0.2, -0.15) is 0 Å². The van der Waals surface area contributed by atoms with Crippen LogP contribution in [0.3, 0.4) is 0 Å². The molecular formula is C21H19ClF3N3O4. The zero-order chi connectivity index (χ0) is 23.3. The van der Waals surface area contributed by atoms with E-state index in [-0.39, 0.29) is 24.4 Å². The zero-order valence-corrected chi connectivity index (χ0v) is 17.4. The molecule has 0 saturated heterocycles. The van der Waals surface area contributed by atoms with E-state index < -0.39 is 24.3 Å². The number of nitrogens with one attached hydrogen (secondary N) is 2. The van der Waals surface area contributed by atoms with Crippen LogP contribution >= 0.6 is 11.6 Å². The van der Waals surface area contributed by atoms with E-state index in [1.165, 1.54) is 0 Å². The number of carbonyl (C=O) groups is 2. The van der Waals surface area contributed by atoms with Crippen LogP contribution in [0.1, 0.15) is 28.8 Å². The highest BCUT2D eigenvalue weighted by molar-refractivity contribution is 6.30. The van der Waals surface area contributed by atoms with E-state index in [0.717, 1.165) is 23.9 Å². The molecule has 2 N–H and O–H groups in total. The van der Waals surface area contributed by atoms with Crippen LogP contribution in [0.5, 0.6) is 11.6 Å². The number of nitrogens with zero attached hydrogens (tertiary/aromatic N) is 1. The second-order valence-corrected chi connectivity index (χ2v) is 7.37. The fourth-order valence-electron chi connectivity index (χ4n) is 2.98. The topological polar surface area (TPSA) is 89.5 Å². The van der Waals surface area contributed by atoms with Crippen LogP contribution in [0, 0.1) is 0 Å². The summed E-state index contributed by atoms with van der Waals surface area (Å²) >= 11 is 5.96. The maximum atomic E-state index is 12.4. The first-order chi connectivity index (χ1) is 15.1. The molecule has 1 aliphatic rings. The summed E-state index contributed by atoms with van der Waals surface area (Å²) in [7, 11) is 0. The van der Waals surface area contributed by atoms with Crippen LogP contribution in [0.15, 0.2) is 48.8 Å². The first-order valence-corrected chi connectivity index (χ1v) is 9.92. The molecule has 3 rings (SSSR count). The Morgan fingerprint density at radius 1 is 1.28 bits per heavy atom. The number of halogens is 4. The summed E-state index contributed by atoms with van der Waals surface area (Å²) in [6.45, 7) is 3.91. The summed E-state index contributed by atoms with van der Waals surface area (Å²) in [6, 6.07) is 7.31. The minimum absolute atomic E-state index is 0.0588. The Kier molecular flexibility index (Phi) is 7.24. The molecule has 0 spiro atoms. The van der Waals surface area contributed by atoms with Crippen molar-refractivity contribution in [2.45, 2.75) is 31.7 Å². The molecule has 0 aliphatic carbocycles. The van der Waals surface area contributed by atoms with E-state index in [1.807, 2.05) is 0 Å². The highest BCUT2D eigenvalue weighted by atomic mass is 35.5. The molecule has 0 unspecified atom stereocenters. The molecule has 1 aliphatic heterocycles. The summed E-state index contributed by atoms with van der Waals surface area (Å²) in [6.07, 6.45) is -3.17. The molecule has 2 heterocycles. The number of fused-ring (bicyclic) bond motifs is 1. The second kappa shape index (κ2) is 9.90. The Hall–Kier alpha value is -3.27. The number of alkyl halides is 3.